The molecule has 1 aliphatic rings. The van der Waals surface area contributed by atoms with Crippen LogP contribution >= 0.6 is 0 Å². The molecule has 0 fully saturated rings. The number of nitrogens with zero attached hydrogens (tertiary/aromatic N) is 4. The maximum Gasteiger partial charge on any atom is 0.354 e. The number of rotatable bonds is 5. The molecule has 1 atom stereocenters. The molecule has 0 saturated heterocycles. The maximum absolute atomic E-state index is 5.76. The van der Waals surface area contributed by atoms with Crippen molar-refractivity contribution in [2.45, 2.75) is 26.1 Å². The topological polar surface area (TPSA) is 50.4 Å². The average Bonchev–Trinajstić information content (AvgIpc) is 2.85. The average molecular weight is 269 g/mol. The first-order valence-electron chi connectivity index (χ1n) is 6.82. The molecule has 1 unspecified atom stereocenters. The highest BCUT2D eigenvalue weighted by molar-refractivity contribution is 5.33. The molecule has 0 aliphatic carbocycles. The van der Waals surface area contributed by atoms with Crippen molar-refractivity contribution in [1.82, 2.24) is 9.97 Å². The first-order chi connectivity index (χ1) is 9.88. The van der Waals surface area contributed by atoms with Crippen LogP contribution in [0.15, 0.2) is 48.0 Å². The minimum absolute atomic E-state index is 0.283. The molecule has 0 spiro atoms. The van der Waals surface area contributed by atoms with Crippen molar-refractivity contribution in [2.75, 3.05) is 6.61 Å². The molecule has 5 nitrogen and oxygen atoms in total. The molecule has 0 bridgehead atoms. The molecule has 2 heterocycles. The summed E-state index contributed by atoms with van der Waals surface area (Å²) in [5.41, 5.74) is 2.13. The third kappa shape index (κ3) is 2.58. The van der Waals surface area contributed by atoms with Crippen molar-refractivity contribution < 1.29 is 9.43 Å². The number of fused-ring (bicyclic) bond motifs is 1. The van der Waals surface area contributed by atoms with E-state index in [1.165, 1.54) is 5.56 Å². The molecule has 3 rings (SSSR count). The van der Waals surface area contributed by atoms with Gasteiger partial charge in [-0.05, 0) is 17.0 Å². The standard InChI is InChI=1S/C15H17N4O/c1-2-8-20-15-13-9-16-11-17-14(13)19(18-15)10-12-6-4-3-5-7-12/h3-7,9,11,15H,2,8,10H2,1H3/q+1. The Bertz CT molecular complexity index is 612. The summed E-state index contributed by atoms with van der Waals surface area (Å²) in [6.45, 7) is 3.46. The quantitative estimate of drug-likeness (QED) is 0.783. The van der Waals surface area contributed by atoms with Crippen molar-refractivity contribution in [2.24, 2.45) is 5.11 Å². The Hall–Kier alpha value is -2.14. The van der Waals surface area contributed by atoms with Crippen LogP contribution < -0.4 is 0 Å². The first-order valence-corrected chi connectivity index (χ1v) is 6.82. The van der Waals surface area contributed by atoms with Gasteiger partial charge in [0.1, 0.15) is 12.1 Å². The van der Waals surface area contributed by atoms with Gasteiger partial charge in [-0.25, -0.2) is 4.98 Å². The van der Waals surface area contributed by atoms with Crippen molar-refractivity contribution in [3.63, 3.8) is 0 Å². The van der Waals surface area contributed by atoms with Crippen LogP contribution in [0.2, 0.25) is 0 Å². The third-order valence-electron chi connectivity index (χ3n) is 3.13. The molecule has 0 radical (unpaired) electrons. The molecule has 0 N–H and O–H groups in total. The summed E-state index contributed by atoms with van der Waals surface area (Å²) < 4.78 is 7.65. The van der Waals surface area contributed by atoms with E-state index in [0.29, 0.717) is 13.2 Å². The summed E-state index contributed by atoms with van der Waals surface area (Å²) in [6.07, 6.45) is 4.02. The van der Waals surface area contributed by atoms with Crippen LogP contribution in [0, 0.1) is 0 Å². The summed E-state index contributed by atoms with van der Waals surface area (Å²) in [7, 11) is 0. The number of aromatic nitrogens is 2. The van der Waals surface area contributed by atoms with Crippen LogP contribution in [0.3, 0.4) is 0 Å². The lowest BCUT2D eigenvalue weighted by atomic mass is 10.2. The number of ether oxygens (including phenoxy) is 1. The summed E-state index contributed by atoms with van der Waals surface area (Å²) in [5.74, 6) is 0.838. The molecule has 2 aromatic rings. The maximum atomic E-state index is 5.76. The van der Waals surface area contributed by atoms with Gasteiger partial charge >= 0.3 is 5.82 Å². The first kappa shape index (κ1) is 12.9. The zero-order valence-corrected chi connectivity index (χ0v) is 11.4. The molecular weight excluding hydrogens is 252 g/mol. The van der Waals surface area contributed by atoms with Crippen LogP contribution in [0.25, 0.3) is 0 Å². The van der Waals surface area contributed by atoms with Crippen molar-refractivity contribution >= 4 is 5.82 Å². The molecular formula is C15H17N4O+. The molecule has 0 amide bonds. The molecule has 0 saturated carbocycles. The summed E-state index contributed by atoms with van der Waals surface area (Å²) >= 11 is 0. The molecule has 102 valence electrons. The second-order valence-electron chi connectivity index (χ2n) is 4.68. The normalized spacial score (nSPS) is 16.9. The minimum Gasteiger partial charge on any atom is -0.349 e. The predicted molar refractivity (Wildman–Crippen MR) is 73.5 cm³/mol. The van der Waals surface area contributed by atoms with E-state index in [4.69, 9.17) is 4.74 Å². The van der Waals surface area contributed by atoms with Gasteiger partial charge in [0.25, 0.3) is 0 Å². The largest absolute Gasteiger partial charge is 0.354 e. The Kier molecular flexibility index (Phi) is 3.78. The van der Waals surface area contributed by atoms with Crippen LogP contribution in [0.5, 0.6) is 0 Å². The molecule has 1 aliphatic heterocycles. The van der Waals surface area contributed by atoms with Gasteiger partial charge < -0.3 is 4.74 Å². The molecule has 5 heteroatoms. The molecule has 1 aromatic carbocycles. The van der Waals surface area contributed by atoms with Gasteiger partial charge in [-0.2, -0.15) is 0 Å². The van der Waals surface area contributed by atoms with Crippen molar-refractivity contribution in [3.05, 3.63) is 54.0 Å². The van der Waals surface area contributed by atoms with Gasteiger partial charge in [-0.15, -0.1) is 4.70 Å². The Balaban J connectivity index is 1.86. The highest BCUT2D eigenvalue weighted by Crippen LogP contribution is 2.34. The Morgan fingerprint density at radius 2 is 2.10 bits per heavy atom. The van der Waals surface area contributed by atoms with Crippen LogP contribution in [-0.2, 0) is 11.3 Å². The summed E-state index contributed by atoms with van der Waals surface area (Å²) in [5, 5.41) is 4.60. The number of hydrogen-bond acceptors (Lipinski definition) is 4. The fourth-order valence-corrected chi connectivity index (χ4v) is 2.19. The van der Waals surface area contributed by atoms with Crippen LogP contribution in [0.4, 0.5) is 5.82 Å². The lowest BCUT2D eigenvalue weighted by Crippen LogP contribution is -2.02. The third-order valence-corrected chi connectivity index (χ3v) is 3.13. The fourth-order valence-electron chi connectivity index (χ4n) is 2.19. The van der Waals surface area contributed by atoms with E-state index in [2.05, 4.69) is 34.1 Å². The van der Waals surface area contributed by atoms with Gasteiger partial charge in [0.2, 0.25) is 12.6 Å². The predicted octanol–water partition coefficient (Wildman–Crippen LogP) is 3.21. The number of benzene rings is 1. The van der Waals surface area contributed by atoms with E-state index in [1.807, 2.05) is 22.9 Å². The van der Waals surface area contributed by atoms with Gasteiger partial charge in [0, 0.05) is 12.8 Å². The fraction of sp³-hybridized carbons (Fsp3) is 0.333. The van der Waals surface area contributed by atoms with E-state index in [1.54, 1.807) is 12.5 Å². The van der Waals surface area contributed by atoms with Crippen LogP contribution in [-0.4, -0.2) is 21.3 Å². The zero-order valence-electron chi connectivity index (χ0n) is 11.4. The summed E-state index contributed by atoms with van der Waals surface area (Å²) in [6, 6.07) is 10.2. The van der Waals surface area contributed by atoms with Gasteiger partial charge in [-0.3, -0.25) is 0 Å². The lowest BCUT2D eigenvalue weighted by molar-refractivity contribution is -0.532. The summed E-state index contributed by atoms with van der Waals surface area (Å²) in [4.78, 5) is 8.41. The van der Waals surface area contributed by atoms with Crippen molar-refractivity contribution in [3.8, 4) is 0 Å². The number of azo groups is 2. The SMILES string of the molecule is CCCOC1N=[N+](Cc2ccccc2)c2ncncc21. The Labute approximate surface area is 118 Å². The second kappa shape index (κ2) is 5.88. The second-order valence-corrected chi connectivity index (χ2v) is 4.68. The van der Waals surface area contributed by atoms with E-state index >= 15 is 0 Å². The molecule has 1 aromatic heterocycles. The van der Waals surface area contributed by atoms with Crippen LogP contribution in [0.1, 0.15) is 30.7 Å². The van der Waals surface area contributed by atoms with E-state index in [9.17, 15) is 0 Å². The number of hydrogen-bond donors (Lipinski definition) is 0. The van der Waals surface area contributed by atoms with Gasteiger partial charge in [-0.1, -0.05) is 42.4 Å². The zero-order chi connectivity index (χ0) is 13.8. The Morgan fingerprint density at radius 1 is 1.25 bits per heavy atom. The van der Waals surface area contributed by atoms with E-state index in [0.717, 1.165) is 17.8 Å². The highest BCUT2D eigenvalue weighted by Gasteiger charge is 2.33. The highest BCUT2D eigenvalue weighted by atomic mass is 16.5. The minimum atomic E-state index is -0.283. The molecule has 20 heavy (non-hydrogen) atoms. The van der Waals surface area contributed by atoms with E-state index < -0.39 is 0 Å². The monoisotopic (exact) mass is 269 g/mol. The van der Waals surface area contributed by atoms with E-state index in [-0.39, 0.29) is 6.23 Å². The smallest absolute Gasteiger partial charge is 0.349 e. The lowest BCUT2D eigenvalue weighted by Gasteiger charge is -2.04. The Morgan fingerprint density at radius 3 is 2.90 bits per heavy atom. The van der Waals surface area contributed by atoms with Crippen molar-refractivity contribution in [1.29, 1.82) is 0 Å². The van der Waals surface area contributed by atoms with Gasteiger partial charge in [0.15, 0.2) is 0 Å². The van der Waals surface area contributed by atoms with Gasteiger partial charge in [0.05, 0.1) is 0 Å².